The van der Waals surface area contributed by atoms with Gasteiger partial charge in [-0.2, -0.15) is 0 Å². The highest BCUT2D eigenvalue weighted by Gasteiger charge is 2.20. The van der Waals surface area contributed by atoms with Crippen LogP contribution >= 0.6 is 23.6 Å². The Bertz CT molecular complexity index is 681. The zero-order valence-electron chi connectivity index (χ0n) is 9.74. The summed E-state index contributed by atoms with van der Waals surface area (Å²) in [5, 5.41) is 1.88. The summed E-state index contributed by atoms with van der Waals surface area (Å²) < 4.78 is 26.9. The molecule has 0 aromatic carbocycles. The third-order valence-electron chi connectivity index (χ3n) is 2.31. The van der Waals surface area contributed by atoms with E-state index in [2.05, 4.69) is 9.71 Å². The summed E-state index contributed by atoms with van der Waals surface area (Å²) in [4.78, 5) is 4.78. The van der Waals surface area contributed by atoms with Crippen molar-refractivity contribution < 1.29 is 8.42 Å². The molecule has 0 spiro atoms. The number of hydrogen-bond acceptors (Lipinski definition) is 5. The van der Waals surface area contributed by atoms with Crippen LogP contribution in [-0.2, 0) is 16.6 Å². The fourth-order valence-electron chi connectivity index (χ4n) is 1.45. The highest BCUT2D eigenvalue weighted by atomic mass is 32.2. The highest BCUT2D eigenvalue weighted by Crippen LogP contribution is 2.14. The molecule has 0 fully saturated rings. The summed E-state index contributed by atoms with van der Waals surface area (Å²) in [6.45, 7) is 0.228. The number of nitrogens with zero attached hydrogens (tertiary/aromatic N) is 1. The standard InChI is InChI=1S/C11H11N3O2S3/c12-11(17)10-9(4-1-5-13-10)19(15,16)14-7-8-3-2-6-18-8/h1-6,14H,7H2,(H2,12,17). The predicted molar refractivity (Wildman–Crippen MR) is 78.5 cm³/mol. The minimum Gasteiger partial charge on any atom is -0.388 e. The first kappa shape index (κ1) is 14.1. The van der Waals surface area contributed by atoms with E-state index in [1.165, 1.54) is 29.7 Å². The lowest BCUT2D eigenvalue weighted by Crippen LogP contribution is -2.26. The summed E-state index contributed by atoms with van der Waals surface area (Å²) >= 11 is 6.28. The second-order valence-corrected chi connectivity index (χ2v) is 6.83. The van der Waals surface area contributed by atoms with Crippen molar-refractivity contribution >= 4 is 38.6 Å². The van der Waals surface area contributed by atoms with Crippen LogP contribution in [0.4, 0.5) is 0 Å². The van der Waals surface area contributed by atoms with Gasteiger partial charge >= 0.3 is 0 Å². The van der Waals surface area contributed by atoms with E-state index in [9.17, 15) is 8.42 Å². The minimum absolute atomic E-state index is 0.000874. The van der Waals surface area contributed by atoms with Gasteiger partial charge in [-0.1, -0.05) is 18.3 Å². The van der Waals surface area contributed by atoms with Crippen molar-refractivity contribution in [3.63, 3.8) is 0 Å². The molecule has 0 aliphatic rings. The molecule has 0 atom stereocenters. The molecule has 2 aromatic rings. The normalized spacial score (nSPS) is 11.4. The van der Waals surface area contributed by atoms with Gasteiger partial charge in [-0.05, 0) is 23.6 Å². The zero-order chi connectivity index (χ0) is 13.9. The maximum absolute atomic E-state index is 12.2. The van der Waals surface area contributed by atoms with E-state index in [0.717, 1.165) is 4.88 Å². The van der Waals surface area contributed by atoms with Gasteiger partial charge in [0.05, 0.1) is 0 Å². The first-order valence-corrected chi connectivity index (χ1v) is 8.04. The Morgan fingerprint density at radius 2 is 2.21 bits per heavy atom. The molecule has 8 heteroatoms. The Labute approximate surface area is 120 Å². The maximum atomic E-state index is 12.2. The average Bonchev–Trinajstić information content (AvgIpc) is 2.89. The number of thiophene rings is 1. The summed E-state index contributed by atoms with van der Waals surface area (Å²) in [6.07, 6.45) is 1.45. The molecule has 0 radical (unpaired) electrons. The molecular weight excluding hydrogens is 302 g/mol. The third kappa shape index (κ3) is 3.35. The fourth-order valence-corrected chi connectivity index (χ4v) is 3.59. The van der Waals surface area contributed by atoms with Crippen LogP contribution in [0.1, 0.15) is 10.6 Å². The molecule has 2 rings (SSSR count). The second kappa shape index (κ2) is 5.74. The first-order chi connectivity index (χ1) is 9.00. The molecule has 0 amide bonds. The molecule has 0 saturated heterocycles. The lowest BCUT2D eigenvalue weighted by atomic mass is 10.3. The predicted octanol–water partition coefficient (Wildman–Crippen LogP) is 1.26. The van der Waals surface area contributed by atoms with E-state index in [4.69, 9.17) is 18.0 Å². The molecule has 0 aliphatic carbocycles. The van der Waals surface area contributed by atoms with E-state index >= 15 is 0 Å². The van der Waals surface area contributed by atoms with Gasteiger partial charge in [0.1, 0.15) is 15.6 Å². The topological polar surface area (TPSA) is 85.1 Å². The van der Waals surface area contributed by atoms with Crippen LogP contribution in [0.2, 0.25) is 0 Å². The number of rotatable bonds is 5. The molecular formula is C11H11N3O2S3. The molecule has 19 heavy (non-hydrogen) atoms. The van der Waals surface area contributed by atoms with Crippen molar-refractivity contribution in [3.8, 4) is 0 Å². The van der Waals surface area contributed by atoms with E-state index in [-0.39, 0.29) is 22.1 Å². The zero-order valence-corrected chi connectivity index (χ0v) is 12.2. The van der Waals surface area contributed by atoms with Crippen molar-refractivity contribution in [3.05, 3.63) is 46.4 Å². The monoisotopic (exact) mass is 313 g/mol. The van der Waals surface area contributed by atoms with Gasteiger partial charge < -0.3 is 5.73 Å². The van der Waals surface area contributed by atoms with Crippen molar-refractivity contribution in [2.75, 3.05) is 0 Å². The molecule has 2 aromatic heterocycles. The Hall–Kier alpha value is -1.35. The van der Waals surface area contributed by atoms with Crippen LogP contribution < -0.4 is 10.5 Å². The molecule has 0 saturated carbocycles. The van der Waals surface area contributed by atoms with Crippen LogP contribution in [0, 0.1) is 0 Å². The number of pyridine rings is 1. The van der Waals surface area contributed by atoms with Crippen molar-refractivity contribution in [2.45, 2.75) is 11.4 Å². The first-order valence-electron chi connectivity index (χ1n) is 5.27. The lowest BCUT2D eigenvalue weighted by molar-refractivity contribution is 0.581. The second-order valence-electron chi connectivity index (χ2n) is 3.62. The van der Waals surface area contributed by atoms with Gasteiger partial charge in [0.15, 0.2) is 0 Å². The summed E-state index contributed by atoms with van der Waals surface area (Å²) in [7, 11) is -3.69. The van der Waals surface area contributed by atoms with Gasteiger partial charge in [0, 0.05) is 17.6 Å². The SMILES string of the molecule is NC(=S)c1ncccc1S(=O)(=O)NCc1cccs1. The summed E-state index contributed by atoms with van der Waals surface area (Å²) in [5.74, 6) is 0. The molecule has 0 unspecified atom stereocenters. The molecule has 100 valence electrons. The van der Waals surface area contributed by atoms with E-state index in [1.807, 2.05) is 17.5 Å². The van der Waals surface area contributed by atoms with Crippen LogP contribution in [0.5, 0.6) is 0 Å². The van der Waals surface area contributed by atoms with Crippen molar-refractivity contribution in [1.29, 1.82) is 0 Å². The molecule has 5 nitrogen and oxygen atoms in total. The number of nitrogens with two attached hydrogens (primary N) is 1. The van der Waals surface area contributed by atoms with Crippen molar-refractivity contribution in [2.24, 2.45) is 5.73 Å². The quantitative estimate of drug-likeness (QED) is 0.812. The van der Waals surface area contributed by atoms with E-state index in [0.29, 0.717) is 0 Å². The van der Waals surface area contributed by atoms with E-state index < -0.39 is 10.0 Å². The summed E-state index contributed by atoms with van der Waals surface area (Å²) in [5.41, 5.74) is 5.59. The number of thiocarbonyl (C=S) groups is 1. The molecule has 3 N–H and O–H groups in total. The van der Waals surface area contributed by atoms with Gasteiger partial charge in [-0.25, -0.2) is 13.1 Å². The van der Waals surface area contributed by atoms with Crippen LogP contribution in [-0.4, -0.2) is 18.4 Å². The maximum Gasteiger partial charge on any atom is 0.243 e. The Balaban J connectivity index is 2.27. The fraction of sp³-hybridized carbons (Fsp3) is 0.0909. The summed E-state index contributed by atoms with van der Waals surface area (Å²) in [6, 6.07) is 6.67. The lowest BCUT2D eigenvalue weighted by Gasteiger charge is -2.09. The molecule has 0 bridgehead atoms. The number of hydrogen-bond donors (Lipinski definition) is 2. The van der Waals surface area contributed by atoms with Crippen LogP contribution in [0.3, 0.4) is 0 Å². The third-order valence-corrected chi connectivity index (χ3v) is 4.81. The van der Waals surface area contributed by atoms with Crippen LogP contribution in [0.25, 0.3) is 0 Å². The number of sulfonamides is 1. The van der Waals surface area contributed by atoms with E-state index in [1.54, 1.807) is 0 Å². The van der Waals surface area contributed by atoms with Gasteiger partial charge in [0.25, 0.3) is 0 Å². The molecule has 0 aliphatic heterocycles. The molecule has 2 heterocycles. The Kier molecular flexibility index (Phi) is 4.25. The Morgan fingerprint density at radius 1 is 1.42 bits per heavy atom. The average molecular weight is 313 g/mol. The largest absolute Gasteiger partial charge is 0.388 e. The number of nitrogens with one attached hydrogen (secondary N) is 1. The number of aromatic nitrogens is 1. The minimum atomic E-state index is -3.69. The van der Waals surface area contributed by atoms with Crippen LogP contribution in [0.15, 0.2) is 40.7 Å². The van der Waals surface area contributed by atoms with Crippen molar-refractivity contribution in [1.82, 2.24) is 9.71 Å². The van der Waals surface area contributed by atoms with Gasteiger partial charge in [0.2, 0.25) is 10.0 Å². The Morgan fingerprint density at radius 3 is 2.84 bits per heavy atom. The highest BCUT2D eigenvalue weighted by molar-refractivity contribution is 7.89. The van der Waals surface area contributed by atoms with Gasteiger partial charge in [-0.3, -0.25) is 4.98 Å². The van der Waals surface area contributed by atoms with Gasteiger partial charge in [-0.15, -0.1) is 11.3 Å². The smallest absolute Gasteiger partial charge is 0.243 e.